The zero-order valence-electron chi connectivity index (χ0n) is 17.4. The summed E-state index contributed by atoms with van der Waals surface area (Å²) in [5.74, 6) is 0.215. The summed E-state index contributed by atoms with van der Waals surface area (Å²) >= 11 is 0. The minimum absolute atomic E-state index is 0.236. The Labute approximate surface area is 182 Å². The highest BCUT2D eigenvalue weighted by atomic mass is 19.4. The fourth-order valence-corrected chi connectivity index (χ4v) is 3.74. The van der Waals surface area contributed by atoms with Crippen molar-refractivity contribution in [3.8, 4) is 5.75 Å². The first-order chi connectivity index (χ1) is 15.3. The number of halogens is 3. The van der Waals surface area contributed by atoms with E-state index in [-0.39, 0.29) is 11.7 Å². The van der Waals surface area contributed by atoms with Crippen molar-refractivity contribution < 1.29 is 27.4 Å². The van der Waals surface area contributed by atoms with E-state index in [1.165, 1.54) is 24.4 Å². The molecule has 0 atom stereocenters. The van der Waals surface area contributed by atoms with Gasteiger partial charge < -0.3 is 24.5 Å². The highest BCUT2D eigenvalue weighted by molar-refractivity contribution is 5.94. The molecule has 1 amide bonds. The zero-order chi connectivity index (χ0) is 22.7. The number of alkyl halides is 3. The van der Waals surface area contributed by atoms with Crippen LogP contribution in [-0.2, 0) is 4.74 Å². The molecule has 0 unspecified atom stereocenters. The maximum atomic E-state index is 12.9. The van der Waals surface area contributed by atoms with Crippen LogP contribution < -0.4 is 15.4 Å². The third kappa shape index (κ3) is 5.13. The lowest BCUT2D eigenvalue weighted by Gasteiger charge is -2.22. The Kier molecular flexibility index (Phi) is 6.22. The van der Waals surface area contributed by atoms with Crippen molar-refractivity contribution in [2.24, 2.45) is 5.92 Å². The number of aromatic nitrogens is 2. The third-order valence-corrected chi connectivity index (χ3v) is 5.33. The minimum Gasteiger partial charge on any atom is -0.406 e. The number of anilines is 2. The van der Waals surface area contributed by atoms with E-state index in [1.807, 2.05) is 13.0 Å². The van der Waals surface area contributed by atoms with Crippen molar-refractivity contribution in [1.29, 1.82) is 0 Å². The van der Waals surface area contributed by atoms with Gasteiger partial charge in [-0.3, -0.25) is 4.79 Å². The highest BCUT2D eigenvalue weighted by Gasteiger charge is 2.31. The Morgan fingerprint density at radius 3 is 2.78 bits per heavy atom. The molecule has 1 aliphatic heterocycles. The Bertz CT molecular complexity index is 1110. The SMILES string of the molecule is Cc1ccc2c(Nc3cccc(OC(F)(F)F)c3)ncc(C(=O)NCC3CCOCC3)n12. The second-order valence-corrected chi connectivity index (χ2v) is 7.65. The maximum absolute atomic E-state index is 12.9. The number of rotatable bonds is 6. The molecular weight excluding hydrogens is 425 g/mol. The maximum Gasteiger partial charge on any atom is 0.573 e. The highest BCUT2D eigenvalue weighted by Crippen LogP contribution is 2.28. The summed E-state index contributed by atoms with van der Waals surface area (Å²) in [7, 11) is 0. The van der Waals surface area contributed by atoms with Crippen LogP contribution in [0.4, 0.5) is 24.7 Å². The number of hydrogen-bond acceptors (Lipinski definition) is 5. The van der Waals surface area contributed by atoms with Crippen LogP contribution in [-0.4, -0.2) is 41.4 Å². The lowest BCUT2D eigenvalue weighted by Crippen LogP contribution is -2.33. The summed E-state index contributed by atoms with van der Waals surface area (Å²) in [5.41, 5.74) is 2.21. The van der Waals surface area contributed by atoms with E-state index in [0.717, 1.165) is 18.5 Å². The van der Waals surface area contributed by atoms with E-state index in [2.05, 4.69) is 20.4 Å². The molecule has 1 aliphatic rings. The molecule has 3 heterocycles. The van der Waals surface area contributed by atoms with Gasteiger partial charge in [-0.2, -0.15) is 0 Å². The van der Waals surface area contributed by atoms with Gasteiger partial charge in [-0.05, 0) is 49.9 Å². The van der Waals surface area contributed by atoms with E-state index in [9.17, 15) is 18.0 Å². The quantitative estimate of drug-likeness (QED) is 0.583. The van der Waals surface area contributed by atoms with Crippen molar-refractivity contribution in [1.82, 2.24) is 14.7 Å². The number of nitrogens with zero attached hydrogens (tertiary/aromatic N) is 2. The molecule has 0 bridgehead atoms. The number of nitrogens with one attached hydrogen (secondary N) is 2. The van der Waals surface area contributed by atoms with E-state index in [0.29, 0.717) is 48.4 Å². The van der Waals surface area contributed by atoms with E-state index in [4.69, 9.17) is 4.74 Å². The summed E-state index contributed by atoms with van der Waals surface area (Å²) < 4.78 is 48.6. The first kappa shape index (κ1) is 21.9. The Hall–Kier alpha value is -3.27. The summed E-state index contributed by atoms with van der Waals surface area (Å²) in [5, 5.41) is 5.99. The summed E-state index contributed by atoms with van der Waals surface area (Å²) in [6.45, 7) is 3.84. The largest absolute Gasteiger partial charge is 0.573 e. The van der Waals surface area contributed by atoms with Gasteiger partial charge >= 0.3 is 6.36 Å². The van der Waals surface area contributed by atoms with Crippen molar-refractivity contribution in [3.05, 3.63) is 54.0 Å². The zero-order valence-corrected chi connectivity index (χ0v) is 17.4. The number of fused-ring (bicyclic) bond motifs is 1. The molecule has 2 aromatic heterocycles. The Morgan fingerprint density at radius 2 is 2.03 bits per heavy atom. The van der Waals surface area contributed by atoms with Crippen molar-refractivity contribution in [3.63, 3.8) is 0 Å². The standard InChI is InChI=1S/C22H23F3N4O3/c1-14-5-6-18-20(28-16-3-2-4-17(11-16)32-22(23,24)25)26-13-19(29(14)18)21(30)27-12-15-7-9-31-10-8-15/h2-6,11,13,15H,7-10,12H2,1H3,(H,26,28)(H,27,30). The molecule has 2 N–H and O–H groups in total. The lowest BCUT2D eigenvalue weighted by atomic mass is 10.0. The average Bonchev–Trinajstić information content (AvgIpc) is 3.14. The van der Waals surface area contributed by atoms with Crippen LogP contribution in [0, 0.1) is 12.8 Å². The molecular formula is C22H23F3N4O3. The molecule has 7 nitrogen and oxygen atoms in total. The summed E-state index contributed by atoms with van der Waals surface area (Å²) in [6, 6.07) is 9.15. The molecule has 1 fully saturated rings. The second-order valence-electron chi connectivity index (χ2n) is 7.65. The smallest absolute Gasteiger partial charge is 0.406 e. The molecule has 0 saturated carbocycles. The van der Waals surface area contributed by atoms with Crippen LogP contribution >= 0.6 is 0 Å². The van der Waals surface area contributed by atoms with Gasteiger partial charge in [-0.25, -0.2) is 4.98 Å². The predicted octanol–water partition coefficient (Wildman–Crippen LogP) is 4.44. The molecule has 3 aromatic rings. The van der Waals surface area contributed by atoms with E-state index in [1.54, 1.807) is 16.5 Å². The molecule has 0 spiro atoms. The van der Waals surface area contributed by atoms with Crippen LogP contribution in [0.1, 0.15) is 29.0 Å². The first-order valence-corrected chi connectivity index (χ1v) is 10.3. The van der Waals surface area contributed by atoms with Gasteiger partial charge in [-0.1, -0.05) is 6.07 Å². The fraction of sp³-hybridized carbons (Fsp3) is 0.364. The number of hydrogen-bond donors (Lipinski definition) is 2. The molecule has 0 radical (unpaired) electrons. The number of aryl methyl sites for hydroxylation is 1. The normalized spacial score (nSPS) is 15.0. The summed E-state index contributed by atoms with van der Waals surface area (Å²) in [4.78, 5) is 17.2. The fourth-order valence-electron chi connectivity index (χ4n) is 3.74. The van der Waals surface area contributed by atoms with E-state index < -0.39 is 6.36 Å². The van der Waals surface area contributed by atoms with Crippen LogP contribution in [0.25, 0.3) is 5.52 Å². The Balaban J connectivity index is 1.55. The van der Waals surface area contributed by atoms with Crippen molar-refractivity contribution in [2.45, 2.75) is 26.1 Å². The van der Waals surface area contributed by atoms with Crippen LogP contribution in [0.5, 0.6) is 5.75 Å². The van der Waals surface area contributed by atoms with Crippen molar-refractivity contribution >= 4 is 22.9 Å². The van der Waals surface area contributed by atoms with Gasteiger partial charge in [0, 0.05) is 37.2 Å². The van der Waals surface area contributed by atoms with E-state index >= 15 is 0 Å². The van der Waals surface area contributed by atoms with Crippen LogP contribution in [0.2, 0.25) is 0 Å². The lowest BCUT2D eigenvalue weighted by molar-refractivity contribution is -0.274. The number of benzene rings is 1. The molecule has 170 valence electrons. The average molecular weight is 448 g/mol. The van der Waals surface area contributed by atoms with Crippen LogP contribution in [0.15, 0.2) is 42.6 Å². The molecule has 1 saturated heterocycles. The number of carbonyl (C=O) groups excluding carboxylic acids is 1. The monoisotopic (exact) mass is 448 g/mol. The molecule has 1 aromatic carbocycles. The van der Waals surface area contributed by atoms with Gasteiger partial charge in [0.25, 0.3) is 5.91 Å². The second kappa shape index (κ2) is 9.07. The molecule has 0 aliphatic carbocycles. The third-order valence-electron chi connectivity index (χ3n) is 5.33. The van der Waals surface area contributed by atoms with Gasteiger partial charge in [0.05, 0.1) is 11.7 Å². The van der Waals surface area contributed by atoms with Crippen molar-refractivity contribution in [2.75, 3.05) is 25.1 Å². The molecule has 32 heavy (non-hydrogen) atoms. The number of carbonyl (C=O) groups is 1. The van der Waals surface area contributed by atoms with Gasteiger partial charge in [0.2, 0.25) is 0 Å². The van der Waals surface area contributed by atoms with Gasteiger partial charge in [-0.15, -0.1) is 13.2 Å². The number of ether oxygens (including phenoxy) is 2. The minimum atomic E-state index is -4.78. The molecule has 10 heteroatoms. The Morgan fingerprint density at radius 1 is 1.25 bits per heavy atom. The van der Waals surface area contributed by atoms with Gasteiger partial charge in [0.1, 0.15) is 11.4 Å². The topological polar surface area (TPSA) is 76.9 Å². The molecule has 4 rings (SSSR count). The number of amides is 1. The predicted molar refractivity (Wildman–Crippen MR) is 112 cm³/mol. The summed E-state index contributed by atoms with van der Waals surface area (Å²) in [6.07, 6.45) is -1.49. The first-order valence-electron chi connectivity index (χ1n) is 10.3. The van der Waals surface area contributed by atoms with Crippen LogP contribution in [0.3, 0.4) is 0 Å². The van der Waals surface area contributed by atoms with Gasteiger partial charge in [0.15, 0.2) is 5.82 Å².